The Balaban J connectivity index is 1.98. The molecule has 1 aromatic heterocycles. The summed E-state index contributed by atoms with van der Waals surface area (Å²) in [6, 6.07) is 6.30. The molecule has 104 valence electrons. The Kier molecular flexibility index (Phi) is 4.57. The zero-order chi connectivity index (χ0) is 14.5. The third-order valence-electron chi connectivity index (χ3n) is 2.62. The van der Waals surface area contributed by atoms with Crippen LogP contribution in [0, 0.1) is 12.7 Å². The Hall–Kier alpha value is -2.08. The summed E-state index contributed by atoms with van der Waals surface area (Å²) >= 11 is 1.49. The number of hydrogen-bond donors (Lipinski definition) is 1. The number of aryl methyl sites for hydroxylation is 1. The molecular formula is C14H14FN3OS. The molecule has 2 rings (SSSR count). The Bertz CT molecular complexity index is 651. The molecular weight excluding hydrogens is 277 g/mol. The fourth-order valence-corrected chi connectivity index (χ4v) is 2.27. The van der Waals surface area contributed by atoms with Gasteiger partial charge in [-0.05, 0) is 19.9 Å². The lowest BCUT2D eigenvalue weighted by molar-refractivity contribution is -0.120. The number of rotatable bonds is 4. The first-order valence-electron chi connectivity index (χ1n) is 6.05. The summed E-state index contributed by atoms with van der Waals surface area (Å²) in [5.41, 5.74) is 3.92. The number of nitrogens with zero attached hydrogens (tertiary/aromatic N) is 2. The topological polar surface area (TPSA) is 54.4 Å². The molecule has 0 atom stereocenters. The molecule has 1 heterocycles. The molecule has 0 saturated heterocycles. The van der Waals surface area contributed by atoms with Gasteiger partial charge in [0.25, 0.3) is 0 Å². The van der Waals surface area contributed by atoms with E-state index in [9.17, 15) is 9.18 Å². The van der Waals surface area contributed by atoms with Crippen LogP contribution in [0.5, 0.6) is 0 Å². The Labute approximate surface area is 120 Å². The number of hydrogen-bond acceptors (Lipinski definition) is 4. The molecule has 2 aromatic rings. The second-order valence-electron chi connectivity index (χ2n) is 4.25. The normalized spacial score (nSPS) is 11.4. The van der Waals surface area contributed by atoms with Crippen molar-refractivity contribution < 1.29 is 9.18 Å². The van der Waals surface area contributed by atoms with E-state index >= 15 is 0 Å². The number of hydrazone groups is 1. The van der Waals surface area contributed by atoms with Crippen molar-refractivity contribution in [3.63, 3.8) is 0 Å². The van der Waals surface area contributed by atoms with Crippen LogP contribution in [0.1, 0.15) is 23.2 Å². The quantitative estimate of drug-likeness (QED) is 0.695. The first-order valence-corrected chi connectivity index (χ1v) is 6.93. The lowest BCUT2D eigenvalue weighted by Gasteiger charge is -2.03. The molecule has 0 radical (unpaired) electrons. The van der Waals surface area contributed by atoms with Crippen LogP contribution in [-0.4, -0.2) is 16.6 Å². The van der Waals surface area contributed by atoms with E-state index in [1.807, 2.05) is 12.3 Å². The van der Waals surface area contributed by atoms with Crippen LogP contribution in [0.2, 0.25) is 0 Å². The van der Waals surface area contributed by atoms with E-state index in [-0.39, 0.29) is 18.1 Å². The lowest BCUT2D eigenvalue weighted by atomic mass is 10.1. The summed E-state index contributed by atoms with van der Waals surface area (Å²) in [5, 5.41) is 6.66. The predicted octanol–water partition coefficient (Wildman–Crippen LogP) is 2.67. The van der Waals surface area contributed by atoms with E-state index in [1.54, 1.807) is 25.1 Å². The largest absolute Gasteiger partial charge is 0.273 e. The summed E-state index contributed by atoms with van der Waals surface area (Å²) in [6.45, 7) is 3.53. The predicted molar refractivity (Wildman–Crippen MR) is 77.3 cm³/mol. The Morgan fingerprint density at radius 1 is 1.45 bits per heavy atom. The van der Waals surface area contributed by atoms with Crippen LogP contribution < -0.4 is 5.43 Å². The average Bonchev–Trinajstić information content (AvgIpc) is 2.82. The summed E-state index contributed by atoms with van der Waals surface area (Å²) < 4.78 is 13.5. The van der Waals surface area contributed by atoms with Crippen molar-refractivity contribution >= 4 is 23.0 Å². The molecule has 0 bridgehead atoms. The number of benzene rings is 1. The van der Waals surface area contributed by atoms with Crippen molar-refractivity contribution in [1.29, 1.82) is 0 Å². The van der Waals surface area contributed by atoms with Crippen LogP contribution in [0.15, 0.2) is 34.7 Å². The monoisotopic (exact) mass is 291 g/mol. The SMILES string of the molecule is C/C(=N/NC(=O)Cc1csc(C)n1)c1ccccc1F. The van der Waals surface area contributed by atoms with Gasteiger partial charge in [-0.25, -0.2) is 14.8 Å². The van der Waals surface area contributed by atoms with E-state index in [2.05, 4.69) is 15.5 Å². The van der Waals surface area contributed by atoms with Gasteiger partial charge in [0.15, 0.2) is 0 Å². The second-order valence-corrected chi connectivity index (χ2v) is 5.31. The van der Waals surface area contributed by atoms with E-state index in [0.717, 1.165) is 5.01 Å². The van der Waals surface area contributed by atoms with Crippen LogP contribution in [0.25, 0.3) is 0 Å². The number of carbonyl (C=O) groups is 1. The minimum absolute atomic E-state index is 0.165. The number of nitrogens with one attached hydrogen (secondary N) is 1. The molecule has 20 heavy (non-hydrogen) atoms. The van der Waals surface area contributed by atoms with Gasteiger partial charge < -0.3 is 0 Å². The van der Waals surface area contributed by atoms with Gasteiger partial charge in [-0.2, -0.15) is 5.10 Å². The first-order chi connectivity index (χ1) is 9.56. The van der Waals surface area contributed by atoms with E-state index < -0.39 is 0 Å². The molecule has 0 aliphatic rings. The molecule has 1 N–H and O–H groups in total. The van der Waals surface area contributed by atoms with Crippen molar-refractivity contribution in [3.05, 3.63) is 51.7 Å². The number of thiazole rings is 1. The highest BCUT2D eigenvalue weighted by molar-refractivity contribution is 7.09. The minimum atomic E-state index is -0.363. The van der Waals surface area contributed by atoms with Gasteiger partial charge in [-0.3, -0.25) is 4.79 Å². The summed E-state index contributed by atoms with van der Waals surface area (Å²) in [7, 11) is 0. The Morgan fingerprint density at radius 3 is 2.85 bits per heavy atom. The highest BCUT2D eigenvalue weighted by Gasteiger charge is 2.07. The fourth-order valence-electron chi connectivity index (χ4n) is 1.65. The third kappa shape index (κ3) is 3.71. The van der Waals surface area contributed by atoms with Crippen molar-refractivity contribution in [3.8, 4) is 0 Å². The van der Waals surface area contributed by atoms with E-state index in [0.29, 0.717) is 17.0 Å². The maximum Gasteiger partial charge on any atom is 0.246 e. The molecule has 0 spiro atoms. The maximum atomic E-state index is 13.5. The van der Waals surface area contributed by atoms with Crippen molar-refractivity contribution in [2.24, 2.45) is 5.10 Å². The first kappa shape index (κ1) is 14.3. The molecule has 0 fully saturated rings. The molecule has 4 nitrogen and oxygen atoms in total. The van der Waals surface area contributed by atoms with Crippen LogP contribution >= 0.6 is 11.3 Å². The van der Waals surface area contributed by atoms with Gasteiger partial charge in [0, 0.05) is 10.9 Å². The Morgan fingerprint density at radius 2 is 2.20 bits per heavy atom. The molecule has 0 aliphatic carbocycles. The van der Waals surface area contributed by atoms with Crippen molar-refractivity contribution in [2.45, 2.75) is 20.3 Å². The average molecular weight is 291 g/mol. The highest BCUT2D eigenvalue weighted by atomic mass is 32.1. The molecule has 6 heteroatoms. The molecule has 0 unspecified atom stereocenters. The second kappa shape index (κ2) is 6.38. The lowest BCUT2D eigenvalue weighted by Crippen LogP contribution is -2.21. The zero-order valence-corrected chi connectivity index (χ0v) is 12.0. The smallest absolute Gasteiger partial charge is 0.246 e. The maximum absolute atomic E-state index is 13.5. The van der Waals surface area contributed by atoms with Gasteiger partial charge in [0.1, 0.15) is 5.82 Å². The van der Waals surface area contributed by atoms with Crippen LogP contribution in [0.3, 0.4) is 0 Å². The summed E-state index contributed by atoms with van der Waals surface area (Å²) in [4.78, 5) is 15.9. The van der Waals surface area contributed by atoms with Crippen LogP contribution in [-0.2, 0) is 11.2 Å². The highest BCUT2D eigenvalue weighted by Crippen LogP contribution is 2.09. The van der Waals surface area contributed by atoms with Crippen molar-refractivity contribution in [2.75, 3.05) is 0 Å². The van der Waals surface area contributed by atoms with Gasteiger partial charge >= 0.3 is 0 Å². The number of halogens is 1. The van der Waals surface area contributed by atoms with Gasteiger partial charge in [0.05, 0.1) is 22.8 Å². The number of aromatic nitrogens is 1. The summed E-state index contributed by atoms with van der Waals surface area (Å²) in [6.07, 6.45) is 0.165. The third-order valence-corrected chi connectivity index (χ3v) is 3.44. The van der Waals surface area contributed by atoms with Gasteiger partial charge in [-0.15, -0.1) is 11.3 Å². The van der Waals surface area contributed by atoms with Gasteiger partial charge in [0.2, 0.25) is 5.91 Å². The van der Waals surface area contributed by atoms with Crippen molar-refractivity contribution in [1.82, 2.24) is 10.4 Å². The number of amides is 1. The van der Waals surface area contributed by atoms with E-state index in [4.69, 9.17) is 0 Å². The summed E-state index contributed by atoms with van der Waals surface area (Å²) in [5.74, 6) is -0.635. The van der Waals surface area contributed by atoms with Gasteiger partial charge in [-0.1, -0.05) is 18.2 Å². The number of carbonyl (C=O) groups excluding carboxylic acids is 1. The minimum Gasteiger partial charge on any atom is -0.273 e. The molecule has 1 aromatic carbocycles. The van der Waals surface area contributed by atoms with Crippen LogP contribution in [0.4, 0.5) is 4.39 Å². The standard InChI is InChI=1S/C14H14FN3OS/c1-9(12-5-3-4-6-13(12)15)17-18-14(19)7-11-8-20-10(2)16-11/h3-6,8H,7H2,1-2H3,(H,18,19)/b17-9-. The molecule has 0 aliphatic heterocycles. The zero-order valence-electron chi connectivity index (χ0n) is 11.2. The molecule has 0 saturated carbocycles. The molecule has 1 amide bonds. The van der Waals surface area contributed by atoms with E-state index in [1.165, 1.54) is 17.4 Å². The fraction of sp³-hybridized carbons (Fsp3) is 0.214.